The summed E-state index contributed by atoms with van der Waals surface area (Å²) in [5.41, 5.74) is 2.92. The SMILES string of the molecule is CC1=C(C(=O)NC2CCCC2)C(=O)N2NC(C(F)(F)F)C(c3ccccc3)C2N1. The Hall–Kier alpha value is -2.55. The summed E-state index contributed by atoms with van der Waals surface area (Å²) in [4.78, 5) is 25.7. The van der Waals surface area contributed by atoms with E-state index in [1.54, 1.807) is 37.3 Å². The molecule has 2 heterocycles. The van der Waals surface area contributed by atoms with Crippen molar-refractivity contribution in [3.8, 4) is 0 Å². The van der Waals surface area contributed by atoms with Crippen LogP contribution in [0, 0.1) is 0 Å². The number of alkyl halides is 3. The van der Waals surface area contributed by atoms with Gasteiger partial charge in [-0.1, -0.05) is 43.2 Å². The van der Waals surface area contributed by atoms with Crippen molar-refractivity contribution >= 4 is 11.8 Å². The molecular formula is C20H23F3N4O2. The zero-order chi connectivity index (χ0) is 20.8. The van der Waals surface area contributed by atoms with Gasteiger partial charge < -0.3 is 10.6 Å². The van der Waals surface area contributed by atoms with E-state index in [1.165, 1.54) is 0 Å². The molecule has 3 aliphatic rings. The Morgan fingerprint density at radius 3 is 2.45 bits per heavy atom. The number of carbonyl (C=O) groups excluding carboxylic acids is 2. The molecular weight excluding hydrogens is 385 g/mol. The number of nitrogens with one attached hydrogen (secondary N) is 3. The van der Waals surface area contributed by atoms with Crippen LogP contribution in [0.4, 0.5) is 13.2 Å². The van der Waals surface area contributed by atoms with Crippen LogP contribution in [0.15, 0.2) is 41.6 Å². The highest BCUT2D eigenvalue weighted by Crippen LogP contribution is 2.41. The van der Waals surface area contributed by atoms with E-state index in [9.17, 15) is 22.8 Å². The van der Waals surface area contributed by atoms with Crippen LogP contribution in [0.3, 0.4) is 0 Å². The van der Waals surface area contributed by atoms with Gasteiger partial charge in [-0.15, -0.1) is 0 Å². The van der Waals surface area contributed by atoms with E-state index >= 15 is 0 Å². The van der Waals surface area contributed by atoms with Crippen molar-refractivity contribution in [2.45, 2.75) is 63.0 Å². The predicted molar refractivity (Wildman–Crippen MR) is 99.0 cm³/mol. The molecule has 0 aromatic heterocycles. The maximum Gasteiger partial charge on any atom is 0.406 e. The highest BCUT2D eigenvalue weighted by Gasteiger charge is 2.58. The largest absolute Gasteiger partial charge is 0.406 e. The second-order valence-electron chi connectivity index (χ2n) is 7.80. The lowest BCUT2D eigenvalue weighted by Crippen LogP contribution is -2.57. The number of fused-ring (bicyclic) bond motifs is 1. The van der Waals surface area contributed by atoms with Crippen LogP contribution < -0.4 is 16.1 Å². The molecule has 3 unspecified atom stereocenters. The van der Waals surface area contributed by atoms with Crippen LogP contribution in [0.2, 0.25) is 0 Å². The quantitative estimate of drug-likeness (QED) is 0.672. The lowest BCUT2D eigenvalue weighted by atomic mass is 9.89. The molecule has 156 valence electrons. The average molecular weight is 408 g/mol. The number of nitrogens with zero attached hydrogens (tertiary/aromatic N) is 1. The van der Waals surface area contributed by atoms with Crippen molar-refractivity contribution in [2.75, 3.05) is 0 Å². The van der Waals surface area contributed by atoms with Crippen LogP contribution in [-0.4, -0.2) is 41.2 Å². The van der Waals surface area contributed by atoms with Crippen molar-refractivity contribution < 1.29 is 22.8 Å². The molecule has 9 heteroatoms. The van der Waals surface area contributed by atoms with E-state index in [1.807, 2.05) is 0 Å². The minimum Gasteiger partial charge on any atom is -0.366 e. The number of rotatable bonds is 3. The third-order valence-electron chi connectivity index (χ3n) is 5.88. The summed E-state index contributed by atoms with van der Waals surface area (Å²) in [5.74, 6) is -2.33. The summed E-state index contributed by atoms with van der Waals surface area (Å²) in [6.45, 7) is 1.56. The van der Waals surface area contributed by atoms with Crippen LogP contribution in [0.1, 0.15) is 44.1 Å². The van der Waals surface area contributed by atoms with Gasteiger partial charge in [0.05, 0.1) is 5.92 Å². The van der Waals surface area contributed by atoms with E-state index in [4.69, 9.17) is 0 Å². The fraction of sp³-hybridized carbons (Fsp3) is 0.500. The smallest absolute Gasteiger partial charge is 0.366 e. The highest BCUT2D eigenvalue weighted by molar-refractivity contribution is 6.19. The Balaban J connectivity index is 1.64. The third kappa shape index (κ3) is 3.59. The number of amides is 2. The maximum atomic E-state index is 13.8. The minimum absolute atomic E-state index is 0.000137. The molecule has 4 rings (SSSR count). The molecule has 2 fully saturated rings. The number of hydrogen-bond donors (Lipinski definition) is 3. The third-order valence-corrected chi connectivity index (χ3v) is 5.88. The van der Waals surface area contributed by atoms with E-state index in [0.29, 0.717) is 5.56 Å². The molecule has 1 aliphatic carbocycles. The topological polar surface area (TPSA) is 73.5 Å². The zero-order valence-corrected chi connectivity index (χ0v) is 15.9. The average Bonchev–Trinajstić information content (AvgIpc) is 3.29. The first-order valence-corrected chi connectivity index (χ1v) is 9.77. The molecule has 0 spiro atoms. The van der Waals surface area contributed by atoms with Crippen LogP contribution >= 0.6 is 0 Å². The molecule has 1 aromatic carbocycles. The predicted octanol–water partition coefficient (Wildman–Crippen LogP) is 2.31. The molecule has 2 aliphatic heterocycles. The van der Waals surface area contributed by atoms with Crippen LogP contribution in [0.25, 0.3) is 0 Å². The first kappa shape index (κ1) is 19.8. The molecule has 1 saturated heterocycles. The first-order chi connectivity index (χ1) is 13.8. The van der Waals surface area contributed by atoms with Gasteiger partial charge in [0, 0.05) is 11.7 Å². The summed E-state index contributed by atoms with van der Waals surface area (Å²) >= 11 is 0. The van der Waals surface area contributed by atoms with Gasteiger partial charge in [0.25, 0.3) is 11.8 Å². The van der Waals surface area contributed by atoms with Gasteiger partial charge in [0.2, 0.25) is 0 Å². The molecule has 3 atom stereocenters. The Bertz CT molecular complexity index is 834. The summed E-state index contributed by atoms with van der Waals surface area (Å²) in [7, 11) is 0. The summed E-state index contributed by atoms with van der Waals surface area (Å²) < 4.78 is 41.3. The number of allylic oxidation sites excluding steroid dienone is 1. The second kappa shape index (κ2) is 7.37. The van der Waals surface area contributed by atoms with E-state index < -0.39 is 36.1 Å². The number of benzene rings is 1. The van der Waals surface area contributed by atoms with E-state index in [0.717, 1.165) is 30.7 Å². The van der Waals surface area contributed by atoms with Crippen molar-refractivity contribution in [1.29, 1.82) is 0 Å². The number of carbonyl (C=O) groups is 2. The molecule has 1 aromatic rings. The van der Waals surface area contributed by atoms with Gasteiger partial charge in [-0.05, 0) is 25.3 Å². The van der Waals surface area contributed by atoms with Crippen LogP contribution in [-0.2, 0) is 9.59 Å². The zero-order valence-electron chi connectivity index (χ0n) is 15.9. The Morgan fingerprint density at radius 2 is 1.83 bits per heavy atom. The number of hydrazine groups is 1. The monoisotopic (exact) mass is 408 g/mol. The normalized spacial score (nSPS) is 27.8. The standard InChI is InChI=1S/C20H23F3N4O2/c1-11-14(18(28)25-13-9-5-6-10-13)19(29)27-17(24-11)15(12-7-3-2-4-8-12)16(26-27)20(21,22)23/h2-4,7-8,13,15-17,24,26H,5-6,9-10H2,1H3,(H,25,28). The highest BCUT2D eigenvalue weighted by atomic mass is 19.4. The summed E-state index contributed by atoms with van der Waals surface area (Å²) in [6.07, 6.45) is -1.81. The fourth-order valence-corrected chi connectivity index (χ4v) is 4.49. The fourth-order valence-electron chi connectivity index (χ4n) is 4.49. The number of halogens is 3. The van der Waals surface area contributed by atoms with Crippen molar-refractivity contribution in [3.05, 3.63) is 47.2 Å². The molecule has 1 saturated carbocycles. The van der Waals surface area contributed by atoms with Gasteiger partial charge in [0.15, 0.2) is 0 Å². The maximum absolute atomic E-state index is 13.8. The Labute approximate surface area is 166 Å². The second-order valence-corrected chi connectivity index (χ2v) is 7.80. The molecule has 6 nitrogen and oxygen atoms in total. The molecule has 3 N–H and O–H groups in total. The summed E-state index contributed by atoms with van der Waals surface area (Å²) in [5, 5.41) is 6.74. The van der Waals surface area contributed by atoms with E-state index in [2.05, 4.69) is 16.1 Å². The van der Waals surface area contributed by atoms with E-state index in [-0.39, 0.29) is 17.3 Å². The van der Waals surface area contributed by atoms with Crippen molar-refractivity contribution in [2.24, 2.45) is 0 Å². The van der Waals surface area contributed by atoms with Crippen molar-refractivity contribution in [1.82, 2.24) is 21.1 Å². The molecule has 0 radical (unpaired) electrons. The first-order valence-electron chi connectivity index (χ1n) is 9.77. The lowest BCUT2D eigenvalue weighted by Gasteiger charge is -2.34. The van der Waals surface area contributed by atoms with Gasteiger partial charge in [0.1, 0.15) is 17.8 Å². The van der Waals surface area contributed by atoms with Gasteiger partial charge in [-0.3, -0.25) is 9.59 Å². The van der Waals surface area contributed by atoms with Crippen molar-refractivity contribution in [3.63, 3.8) is 0 Å². The lowest BCUT2D eigenvalue weighted by molar-refractivity contribution is -0.161. The molecule has 0 bridgehead atoms. The minimum atomic E-state index is -4.57. The van der Waals surface area contributed by atoms with Crippen LogP contribution in [0.5, 0.6) is 0 Å². The van der Waals surface area contributed by atoms with Gasteiger partial charge in [-0.2, -0.15) is 13.2 Å². The van der Waals surface area contributed by atoms with Gasteiger partial charge >= 0.3 is 6.18 Å². The Kier molecular flexibility index (Phi) is 5.02. The summed E-state index contributed by atoms with van der Waals surface area (Å²) in [6, 6.07) is 6.33. The van der Waals surface area contributed by atoms with Gasteiger partial charge in [-0.25, -0.2) is 10.4 Å². The Morgan fingerprint density at radius 1 is 1.17 bits per heavy atom. The molecule has 2 amide bonds. The number of hydrogen-bond acceptors (Lipinski definition) is 4. The molecule has 29 heavy (non-hydrogen) atoms.